The zero-order valence-electron chi connectivity index (χ0n) is 12.4. The van der Waals surface area contributed by atoms with Crippen LogP contribution in [-0.4, -0.2) is 25.7 Å². The van der Waals surface area contributed by atoms with Crippen molar-refractivity contribution in [2.45, 2.75) is 4.90 Å². The third-order valence-corrected chi connectivity index (χ3v) is 5.13. The number of urea groups is 1. The number of benzene rings is 2. The van der Waals surface area contributed by atoms with Crippen molar-refractivity contribution in [3.05, 3.63) is 48.3 Å². The first-order chi connectivity index (χ1) is 11.3. The number of aromatic nitrogens is 1. The van der Waals surface area contributed by atoms with Crippen molar-refractivity contribution < 1.29 is 17.6 Å². The molecule has 0 radical (unpaired) electrons. The van der Waals surface area contributed by atoms with Crippen LogP contribution in [0.2, 0.25) is 0 Å². The fraction of sp³-hybridized carbons (Fsp3) is 0.0667. The minimum atomic E-state index is -3.31. The molecular formula is C15H12FN3O3S2. The molecule has 0 bridgehead atoms. The quantitative estimate of drug-likeness (QED) is 0.744. The number of hydrogen-bond acceptors (Lipinski definition) is 5. The van der Waals surface area contributed by atoms with E-state index in [0.717, 1.165) is 17.6 Å². The molecule has 0 unspecified atom stereocenters. The third kappa shape index (κ3) is 3.69. The van der Waals surface area contributed by atoms with Crippen LogP contribution in [0.25, 0.3) is 10.2 Å². The molecule has 124 valence electrons. The van der Waals surface area contributed by atoms with E-state index < -0.39 is 21.7 Å². The van der Waals surface area contributed by atoms with Gasteiger partial charge in [0, 0.05) is 11.9 Å². The Kier molecular flexibility index (Phi) is 4.20. The summed E-state index contributed by atoms with van der Waals surface area (Å²) in [6.45, 7) is 0. The van der Waals surface area contributed by atoms with Crippen LogP contribution in [0.1, 0.15) is 0 Å². The van der Waals surface area contributed by atoms with E-state index in [4.69, 9.17) is 0 Å². The van der Waals surface area contributed by atoms with Gasteiger partial charge in [-0.15, -0.1) is 0 Å². The lowest BCUT2D eigenvalue weighted by atomic mass is 10.3. The molecule has 1 aromatic heterocycles. The van der Waals surface area contributed by atoms with Gasteiger partial charge in [0.05, 0.1) is 15.1 Å². The molecule has 24 heavy (non-hydrogen) atoms. The molecule has 0 saturated carbocycles. The van der Waals surface area contributed by atoms with E-state index in [1.807, 2.05) is 0 Å². The van der Waals surface area contributed by atoms with Crippen molar-refractivity contribution in [2.75, 3.05) is 16.9 Å². The van der Waals surface area contributed by atoms with E-state index in [9.17, 15) is 17.6 Å². The van der Waals surface area contributed by atoms with Gasteiger partial charge in [0.2, 0.25) is 0 Å². The fourth-order valence-electron chi connectivity index (χ4n) is 2.01. The zero-order chi connectivity index (χ0) is 17.3. The van der Waals surface area contributed by atoms with Crippen molar-refractivity contribution >= 4 is 48.2 Å². The Morgan fingerprint density at radius 3 is 2.67 bits per heavy atom. The van der Waals surface area contributed by atoms with Gasteiger partial charge >= 0.3 is 6.03 Å². The summed E-state index contributed by atoms with van der Waals surface area (Å²) in [5.74, 6) is -0.457. The van der Waals surface area contributed by atoms with Gasteiger partial charge in [-0.05, 0) is 36.4 Å². The Morgan fingerprint density at radius 1 is 1.17 bits per heavy atom. The van der Waals surface area contributed by atoms with Gasteiger partial charge in [-0.1, -0.05) is 17.4 Å². The molecule has 0 spiro atoms. The molecule has 2 aromatic carbocycles. The van der Waals surface area contributed by atoms with Crippen LogP contribution in [0.3, 0.4) is 0 Å². The second-order valence-electron chi connectivity index (χ2n) is 5.01. The molecule has 3 rings (SSSR count). The molecule has 0 aliphatic heterocycles. The predicted octanol–water partition coefficient (Wildman–Crippen LogP) is 3.48. The van der Waals surface area contributed by atoms with Crippen molar-refractivity contribution in [1.29, 1.82) is 0 Å². The van der Waals surface area contributed by atoms with Crippen molar-refractivity contribution in [3.63, 3.8) is 0 Å². The molecule has 0 aliphatic carbocycles. The van der Waals surface area contributed by atoms with Gasteiger partial charge in [0.1, 0.15) is 5.82 Å². The second kappa shape index (κ2) is 6.17. The van der Waals surface area contributed by atoms with Crippen molar-refractivity contribution in [3.8, 4) is 0 Å². The van der Waals surface area contributed by atoms with Crippen molar-refractivity contribution in [2.24, 2.45) is 0 Å². The fourth-order valence-corrected chi connectivity index (χ4v) is 3.64. The molecule has 3 aromatic rings. The maximum Gasteiger partial charge on any atom is 0.325 e. The Morgan fingerprint density at radius 2 is 1.96 bits per heavy atom. The summed E-state index contributed by atoms with van der Waals surface area (Å²) in [4.78, 5) is 16.3. The summed E-state index contributed by atoms with van der Waals surface area (Å²) in [5.41, 5.74) is 0.890. The van der Waals surface area contributed by atoms with E-state index in [-0.39, 0.29) is 4.90 Å². The number of rotatable bonds is 3. The van der Waals surface area contributed by atoms with Crippen LogP contribution in [0.5, 0.6) is 0 Å². The first-order valence-electron chi connectivity index (χ1n) is 6.75. The van der Waals surface area contributed by atoms with Crippen LogP contribution in [0.15, 0.2) is 47.4 Å². The van der Waals surface area contributed by atoms with Gasteiger partial charge < -0.3 is 5.32 Å². The first kappa shape index (κ1) is 16.3. The summed E-state index contributed by atoms with van der Waals surface area (Å²) in [6, 6.07) is 9.49. The maximum atomic E-state index is 13.1. The molecular weight excluding hydrogens is 353 g/mol. The van der Waals surface area contributed by atoms with Crippen LogP contribution >= 0.6 is 11.3 Å². The number of sulfone groups is 1. The van der Waals surface area contributed by atoms with E-state index in [2.05, 4.69) is 15.6 Å². The summed E-state index contributed by atoms with van der Waals surface area (Å²) in [5, 5.41) is 5.34. The summed E-state index contributed by atoms with van der Waals surface area (Å²) in [6.07, 6.45) is 1.13. The highest BCUT2D eigenvalue weighted by Crippen LogP contribution is 2.28. The number of hydrogen-bond donors (Lipinski definition) is 2. The maximum absolute atomic E-state index is 13.1. The highest BCUT2D eigenvalue weighted by Gasteiger charge is 2.12. The van der Waals surface area contributed by atoms with E-state index >= 15 is 0 Å². The minimum absolute atomic E-state index is 0.189. The Hall–Kier alpha value is -2.52. The smallest absolute Gasteiger partial charge is 0.308 e. The molecule has 0 aliphatic rings. The zero-order valence-corrected chi connectivity index (χ0v) is 14.0. The number of carbonyl (C=O) groups excluding carboxylic acids is 1. The van der Waals surface area contributed by atoms with Crippen molar-refractivity contribution in [1.82, 2.24) is 4.98 Å². The SMILES string of the molecule is CS(=O)(=O)c1ccc2nc(NC(=O)Nc3cccc(F)c3)sc2c1. The molecule has 9 heteroatoms. The third-order valence-electron chi connectivity index (χ3n) is 3.09. The number of nitrogens with zero attached hydrogens (tertiary/aromatic N) is 1. The average Bonchev–Trinajstić information content (AvgIpc) is 2.87. The largest absolute Gasteiger partial charge is 0.325 e. The Bertz CT molecular complexity index is 1030. The first-order valence-corrected chi connectivity index (χ1v) is 9.46. The lowest BCUT2D eigenvalue weighted by molar-refractivity contribution is 0.262. The number of nitrogens with one attached hydrogen (secondary N) is 2. The highest BCUT2D eigenvalue weighted by atomic mass is 32.2. The van der Waals surface area contributed by atoms with E-state index in [1.165, 1.54) is 30.3 Å². The predicted molar refractivity (Wildman–Crippen MR) is 91.8 cm³/mol. The summed E-state index contributed by atoms with van der Waals surface area (Å²) < 4.78 is 36.9. The number of thiazole rings is 1. The molecule has 6 nitrogen and oxygen atoms in total. The highest BCUT2D eigenvalue weighted by molar-refractivity contribution is 7.90. The lowest BCUT2D eigenvalue weighted by Crippen LogP contribution is -2.19. The topological polar surface area (TPSA) is 88.2 Å². The lowest BCUT2D eigenvalue weighted by Gasteiger charge is -2.04. The van der Waals surface area contributed by atoms with Gasteiger partial charge in [-0.25, -0.2) is 22.6 Å². The van der Waals surface area contributed by atoms with Gasteiger partial charge in [0.25, 0.3) is 0 Å². The molecule has 1 heterocycles. The summed E-state index contributed by atoms with van der Waals surface area (Å²) in [7, 11) is -3.31. The number of carbonyl (C=O) groups is 1. The van der Waals surface area contributed by atoms with E-state index in [1.54, 1.807) is 12.1 Å². The minimum Gasteiger partial charge on any atom is -0.308 e. The Labute approximate surface area is 141 Å². The number of halogens is 1. The number of amides is 2. The molecule has 0 atom stereocenters. The van der Waals surface area contributed by atoms with Crippen LogP contribution in [0, 0.1) is 5.82 Å². The average molecular weight is 365 g/mol. The molecule has 2 amide bonds. The Balaban J connectivity index is 1.79. The van der Waals surface area contributed by atoms with Crippen LogP contribution in [0.4, 0.5) is 20.0 Å². The molecule has 0 fully saturated rings. The normalized spacial score (nSPS) is 11.4. The number of anilines is 2. The number of fused-ring (bicyclic) bond motifs is 1. The summed E-state index contributed by atoms with van der Waals surface area (Å²) >= 11 is 1.15. The van der Waals surface area contributed by atoms with Crippen LogP contribution in [-0.2, 0) is 9.84 Å². The molecule has 2 N–H and O–H groups in total. The standard InChI is InChI=1S/C15H12FN3O3S2/c1-24(21,22)11-5-6-12-13(8-11)23-15(18-12)19-14(20)17-10-4-2-3-9(16)7-10/h2-8H,1H3,(H2,17,18,19,20). The van der Waals surface area contributed by atoms with Gasteiger partial charge in [-0.3, -0.25) is 5.32 Å². The van der Waals surface area contributed by atoms with Gasteiger partial charge in [-0.2, -0.15) is 0 Å². The van der Waals surface area contributed by atoms with Crippen LogP contribution < -0.4 is 10.6 Å². The molecule has 0 saturated heterocycles. The second-order valence-corrected chi connectivity index (χ2v) is 8.06. The van der Waals surface area contributed by atoms with Gasteiger partial charge in [0.15, 0.2) is 15.0 Å². The van der Waals surface area contributed by atoms with E-state index in [0.29, 0.717) is 21.0 Å². The monoisotopic (exact) mass is 365 g/mol.